The SMILES string of the molecule is C#CCn1ncc(Cl)c(NCCc2ccco2)c1=O. The number of halogens is 1. The Hall–Kier alpha value is -2.19. The maximum Gasteiger partial charge on any atom is 0.292 e. The summed E-state index contributed by atoms with van der Waals surface area (Å²) in [4.78, 5) is 12.0. The van der Waals surface area contributed by atoms with Gasteiger partial charge in [0.15, 0.2) is 0 Å². The molecule has 0 radical (unpaired) electrons. The van der Waals surface area contributed by atoms with Gasteiger partial charge in [-0.1, -0.05) is 17.5 Å². The molecule has 0 atom stereocenters. The summed E-state index contributed by atoms with van der Waals surface area (Å²) in [6.45, 7) is 0.644. The minimum absolute atomic E-state index is 0.114. The number of nitrogens with one attached hydrogen (secondary N) is 1. The van der Waals surface area contributed by atoms with Crippen LogP contribution in [0.3, 0.4) is 0 Å². The highest BCUT2D eigenvalue weighted by Gasteiger charge is 2.09. The van der Waals surface area contributed by atoms with Crippen LogP contribution in [0.15, 0.2) is 33.8 Å². The molecular formula is C13H12ClN3O2. The van der Waals surface area contributed by atoms with Crippen molar-refractivity contribution in [3.05, 3.63) is 45.7 Å². The van der Waals surface area contributed by atoms with Crippen molar-refractivity contribution in [3.8, 4) is 12.3 Å². The van der Waals surface area contributed by atoms with Gasteiger partial charge in [0.2, 0.25) is 0 Å². The fourth-order valence-corrected chi connectivity index (χ4v) is 1.78. The zero-order valence-corrected chi connectivity index (χ0v) is 10.9. The molecule has 2 rings (SSSR count). The summed E-state index contributed by atoms with van der Waals surface area (Å²) < 4.78 is 6.38. The molecule has 0 amide bonds. The third-order valence-corrected chi connectivity index (χ3v) is 2.78. The van der Waals surface area contributed by atoms with Crippen LogP contribution < -0.4 is 10.9 Å². The smallest absolute Gasteiger partial charge is 0.292 e. The molecule has 2 aromatic heterocycles. The van der Waals surface area contributed by atoms with Crippen LogP contribution in [0.2, 0.25) is 5.02 Å². The van der Waals surface area contributed by atoms with Crippen LogP contribution in [0.1, 0.15) is 5.76 Å². The van der Waals surface area contributed by atoms with E-state index in [2.05, 4.69) is 16.3 Å². The Balaban J connectivity index is 2.09. The van der Waals surface area contributed by atoms with E-state index in [4.69, 9.17) is 22.4 Å². The molecule has 2 aromatic rings. The van der Waals surface area contributed by atoms with Gasteiger partial charge in [-0.3, -0.25) is 4.79 Å². The summed E-state index contributed by atoms with van der Waals surface area (Å²) in [7, 11) is 0. The van der Waals surface area contributed by atoms with E-state index in [9.17, 15) is 4.79 Å². The maximum atomic E-state index is 12.0. The average Bonchev–Trinajstić information content (AvgIpc) is 2.90. The molecule has 0 unspecified atom stereocenters. The molecular weight excluding hydrogens is 266 g/mol. The normalized spacial score (nSPS) is 10.1. The zero-order chi connectivity index (χ0) is 13.7. The number of terminal acetylenes is 1. The lowest BCUT2D eigenvalue weighted by atomic mass is 10.3. The number of hydrogen-bond donors (Lipinski definition) is 1. The molecule has 6 heteroatoms. The van der Waals surface area contributed by atoms with E-state index in [1.165, 1.54) is 10.9 Å². The molecule has 19 heavy (non-hydrogen) atoms. The number of hydrogen-bond acceptors (Lipinski definition) is 4. The summed E-state index contributed by atoms with van der Waals surface area (Å²) in [5.74, 6) is 3.20. The van der Waals surface area contributed by atoms with Crippen LogP contribution in [0, 0.1) is 12.3 Å². The summed E-state index contributed by atoms with van der Waals surface area (Å²) in [5.41, 5.74) is -0.0247. The second-order valence-electron chi connectivity index (χ2n) is 3.79. The highest BCUT2D eigenvalue weighted by molar-refractivity contribution is 6.32. The molecule has 0 bridgehead atoms. The Bertz CT molecular complexity index is 641. The van der Waals surface area contributed by atoms with Crippen LogP contribution in [-0.2, 0) is 13.0 Å². The first kappa shape index (κ1) is 13.2. The fraction of sp³-hybridized carbons (Fsp3) is 0.231. The Morgan fingerprint density at radius 1 is 1.58 bits per heavy atom. The van der Waals surface area contributed by atoms with Crippen molar-refractivity contribution < 1.29 is 4.42 Å². The van der Waals surface area contributed by atoms with Crippen molar-refractivity contribution in [2.24, 2.45) is 0 Å². The van der Waals surface area contributed by atoms with Crippen molar-refractivity contribution in [2.75, 3.05) is 11.9 Å². The number of aromatic nitrogens is 2. The third kappa shape index (κ3) is 3.18. The van der Waals surface area contributed by atoms with Gasteiger partial charge < -0.3 is 9.73 Å². The van der Waals surface area contributed by atoms with Gasteiger partial charge in [-0.15, -0.1) is 6.42 Å². The molecule has 0 fully saturated rings. The van der Waals surface area contributed by atoms with E-state index >= 15 is 0 Å². The van der Waals surface area contributed by atoms with Crippen LogP contribution in [0.25, 0.3) is 0 Å². The summed E-state index contributed by atoms with van der Waals surface area (Å²) in [6, 6.07) is 3.68. The van der Waals surface area contributed by atoms with Crippen LogP contribution >= 0.6 is 11.6 Å². The number of rotatable bonds is 5. The molecule has 2 heterocycles. The van der Waals surface area contributed by atoms with Gasteiger partial charge in [0, 0.05) is 13.0 Å². The van der Waals surface area contributed by atoms with Gasteiger partial charge in [-0.2, -0.15) is 5.10 Å². The predicted octanol–water partition coefficient (Wildman–Crippen LogP) is 1.78. The van der Waals surface area contributed by atoms with Crippen molar-refractivity contribution >= 4 is 17.3 Å². The van der Waals surface area contributed by atoms with E-state index in [0.29, 0.717) is 18.7 Å². The molecule has 0 aromatic carbocycles. The van der Waals surface area contributed by atoms with Crippen molar-refractivity contribution in [1.82, 2.24) is 9.78 Å². The predicted molar refractivity (Wildman–Crippen MR) is 73.2 cm³/mol. The Kier molecular flexibility index (Phi) is 4.26. The third-order valence-electron chi connectivity index (χ3n) is 2.49. The Morgan fingerprint density at radius 2 is 2.42 bits per heavy atom. The average molecular weight is 278 g/mol. The molecule has 0 spiro atoms. The first-order valence-corrected chi connectivity index (χ1v) is 6.05. The Morgan fingerprint density at radius 3 is 3.11 bits per heavy atom. The van der Waals surface area contributed by atoms with Crippen molar-refractivity contribution in [2.45, 2.75) is 13.0 Å². The molecule has 0 saturated carbocycles. The van der Waals surface area contributed by atoms with Crippen LogP contribution in [0.5, 0.6) is 0 Å². The lowest BCUT2D eigenvalue weighted by Gasteiger charge is -2.08. The molecule has 0 aliphatic heterocycles. The van der Waals surface area contributed by atoms with E-state index in [1.54, 1.807) is 6.26 Å². The summed E-state index contributed by atoms with van der Waals surface area (Å²) >= 11 is 5.95. The van der Waals surface area contributed by atoms with E-state index in [-0.39, 0.29) is 17.1 Å². The Labute approximate surface area is 115 Å². The minimum atomic E-state index is -0.329. The molecule has 98 valence electrons. The van der Waals surface area contributed by atoms with Crippen molar-refractivity contribution in [3.63, 3.8) is 0 Å². The van der Waals surface area contributed by atoms with E-state index in [0.717, 1.165) is 5.76 Å². The van der Waals surface area contributed by atoms with Gasteiger partial charge in [-0.05, 0) is 12.1 Å². The van der Waals surface area contributed by atoms with Crippen LogP contribution in [0.4, 0.5) is 5.69 Å². The van der Waals surface area contributed by atoms with Gasteiger partial charge in [0.1, 0.15) is 18.0 Å². The first-order chi connectivity index (χ1) is 9.22. The quantitative estimate of drug-likeness (QED) is 0.847. The molecule has 0 aliphatic rings. The van der Waals surface area contributed by atoms with Gasteiger partial charge >= 0.3 is 0 Å². The topological polar surface area (TPSA) is 60.1 Å². The maximum absolute atomic E-state index is 12.0. The summed E-state index contributed by atoms with van der Waals surface area (Å²) in [5, 5.41) is 7.12. The molecule has 5 nitrogen and oxygen atoms in total. The molecule has 0 saturated heterocycles. The molecule has 1 N–H and O–H groups in total. The monoisotopic (exact) mass is 277 g/mol. The second kappa shape index (κ2) is 6.12. The van der Waals surface area contributed by atoms with E-state index in [1.807, 2.05) is 12.1 Å². The highest BCUT2D eigenvalue weighted by Crippen LogP contribution is 2.15. The van der Waals surface area contributed by atoms with E-state index < -0.39 is 0 Å². The van der Waals surface area contributed by atoms with Gasteiger partial charge in [0.05, 0.1) is 17.5 Å². The first-order valence-electron chi connectivity index (χ1n) is 5.67. The minimum Gasteiger partial charge on any atom is -0.469 e. The van der Waals surface area contributed by atoms with Crippen molar-refractivity contribution in [1.29, 1.82) is 0 Å². The van der Waals surface area contributed by atoms with Gasteiger partial charge in [0.25, 0.3) is 5.56 Å². The lowest BCUT2D eigenvalue weighted by molar-refractivity contribution is 0.513. The van der Waals surface area contributed by atoms with Gasteiger partial charge in [-0.25, -0.2) is 4.68 Å². The standard InChI is InChI=1S/C13H12ClN3O2/c1-2-7-17-13(18)12(11(14)9-16-17)15-6-5-10-4-3-8-19-10/h1,3-4,8-9,15H,5-7H2. The van der Waals surface area contributed by atoms with Crippen LogP contribution in [-0.4, -0.2) is 16.3 Å². The number of anilines is 1. The lowest BCUT2D eigenvalue weighted by Crippen LogP contribution is -2.26. The fourth-order valence-electron chi connectivity index (χ4n) is 1.59. The molecule has 0 aliphatic carbocycles. The zero-order valence-electron chi connectivity index (χ0n) is 10.1. The number of furan rings is 1. The second-order valence-corrected chi connectivity index (χ2v) is 4.20. The number of nitrogens with zero attached hydrogens (tertiary/aromatic N) is 2. The summed E-state index contributed by atoms with van der Waals surface area (Å²) in [6.07, 6.45) is 8.82. The highest BCUT2D eigenvalue weighted by atomic mass is 35.5. The largest absolute Gasteiger partial charge is 0.469 e.